The summed E-state index contributed by atoms with van der Waals surface area (Å²) in [4.78, 5) is 2.72. The van der Waals surface area contributed by atoms with Crippen LogP contribution in [0.4, 0.5) is 0 Å². The van der Waals surface area contributed by atoms with E-state index in [2.05, 4.69) is 46.4 Å². The van der Waals surface area contributed by atoms with Gasteiger partial charge in [0.15, 0.2) is 0 Å². The summed E-state index contributed by atoms with van der Waals surface area (Å²) in [5.41, 5.74) is 0.540. The zero-order chi connectivity index (χ0) is 11.6. The van der Waals surface area contributed by atoms with Crippen LogP contribution in [0.5, 0.6) is 0 Å². The predicted molar refractivity (Wildman–Crippen MR) is 68.1 cm³/mol. The van der Waals surface area contributed by atoms with Gasteiger partial charge in [-0.25, -0.2) is 0 Å². The summed E-state index contributed by atoms with van der Waals surface area (Å²) in [6, 6.07) is 1.48. The second-order valence-electron chi connectivity index (χ2n) is 6.61. The molecule has 15 heavy (non-hydrogen) atoms. The number of hydrogen-bond acceptors (Lipinski definition) is 1. The normalized spacial score (nSPS) is 28.4. The zero-order valence-corrected chi connectivity index (χ0v) is 11.5. The van der Waals surface area contributed by atoms with Gasteiger partial charge in [0.05, 0.1) is 0 Å². The van der Waals surface area contributed by atoms with Crippen molar-refractivity contribution in [1.82, 2.24) is 4.90 Å². The van der Waals surface area contributed by atoms with E-state index in [1.807, 2.05) is 0 Å². The Morgan fingerprint density at radius 1 is 1.13 bits per heavy atom. The highest BCUT2D eigenvalue weighted by molar-refractivity contribution is 4.87. The van der Waals surface area contributed by atoms with Crippen molar-refractivity contribution in [1.29, 1.82) is 0 Å². The standard InChI is InChI=1S/C14H29N/c1-11(2)13-10-14(5,6)8-7-9-15(13)12(3)4/h11-13H,7-10H2,1-6H3. The lowest BCUT2D eigenvalue weighted by Gasteiger charge is -2.38. The highest BCUT2D eigenvalue weighted by atomic mass is 15.2. The molecule has 90 valence electrons. The van der Waals surface area contributed by atoms with E-state index in [0.29, 0.717) is 11.5 Å². The molecule has 1 heterocycles. The van der Waals surface area contributed by atoms with Gasteiger partial charge in [0.1, 0.15) is 0 Å². The molecule has 1 nitrogen and oxygen atoms in total. The van der Waals surface area contributed by atoms with E-state index in [-0.39, 0.29) is 0 Å². The van der Waals surface area contributed by atoms with Gasteiger partial charge in [0.25, 0.3) is 0 Å². The summed E-state index contributed by atoms with van der Waals surface area (Å²) in [5.74, 6) is 0.782. The Morgan fingerprint density at radius 3 is 2.20 bits per heavy atom. The van der Waals surface area contributed by atoms with Crippen molar-refractivity contribution in [2.24, 2.45) is 11.3 Å². The van der Waals surface area contributed by atoms with Crippen molar-refractivity contribution in [2.45, 2.75) is 72.9 Å². The zero-order valence-electron chi connectivity index (χ0n) is 11.5. The first-order chi connectivity index (χ1) is 6.83. The van der Waals surface area contributed by atoms with Crippen molar-refractivity contribution in [3.63, 3.8) is 0 Å². The van der Waals surface area contributed by atoms with Crippen LogP contribution in [0.25, 0.3) is 0 Å². The number of hydrogen-bond donors (Lipinski definition) is 0. The second-order valence-corrected chi connectivity index (χ2v) is 6.61. The van der Waals surface area contributed by atoms with Gasteiger partial charge in [0, 0.05) is 12.1 Å². The van der Waals surface area contributed by atoms with E-state index >= 15 is 0 Å². The minimum Gasteiger partial charge on any atom is -0.298 e. The quantitative estimate of drug-likeness (QED) is 0.669. The Hall–Kier alpha value is -0.0400. The van der Waals surface area contributed by atoms with Gasteiger partial charge >= 0.3 is 0 Å². The number of nitrogens with zero attached hydrogens (tertiary/aromatic N) is 1. The van der Waals surface area contributed by atoms with Crippen molar-refractivity contribution >= 4 is 0 Å². The highest BCUT2D eigenvalue weighted by Gasteiger charge is 2.33. The molecular weight excluding hydrogens is 182 g/mol. The van der Waals surface area contributed by atoms with Crippen LogP contribution in [0.3, 0.4) is 0 Å². The Kier molecular flexibility index (Phi) is 4.22. The predicted octanol–water partition coefficient (Wildman–Crippen LogP) is 3.93. The van der Waals surface area contributed by atoms with Crippen LogP contribution in [-0.2, 0) is 0 Å². The van der Waals surface area contributed by atoms with Gasteiger partial charge in [-0.2, -0.15) is 0 Å². The molecule has 0 bridgehead atoms. The summed E-state index contributed by atoms with van der Waals surface area (Å²) in [6.45, 7) is 15.6. The first kappa shape index (κ1) is 13.0. The summed E-state index contributed by atoms with van der Waals surface area (Å²) in [7, 11) is 0. The maximum atomic E-state index is 2.72. The third-order valence-corrected chi connectivity index (χ3v) is 3.89. The van der Waals surface area contributed by atoms with Crippen molar-refractivity contribution in [3.05, 3.63) is 0 Å². The second kappa shape index (κ2) is 4.86. The molecule has 0 aromatic heterocycles. The summed E-state index contributed by atoms with van der Waals surface area (Å²) in [6.07, 6.45) is 4.12. The maximum absolute atomic E-state index is 2.72. The van der Waals surface area contributed by atoms with Gasteiger partial charge in [0.2, 0.25) is 0 Å². The van der Waals surface area contributed by atoms with E-state index in [4.69, 9.17) is 0 Å². The molecule has 0 aromatic rings. The van der Waals surface area contributed by atoms with Crippen LogP contribution >= 0.6 is 0 Å². The minimum absolute atomic E-state index is 0.540. The lowest BCUT2D eigenvalue weighted by molar-refractivity contribution is 0.104. The topological polar surface area (TPSA) is 3.24 Å². The fourth-order valence-electron chi connectivity index (χ4n) is 2.95. The summed E-state index contributed by atoms with van der Waals surface area (Å²) < 4.78 is 0. The van der Waals surface area contributed by atoms with E-state index in [0.717, 1.165) is 12.0 Å². The monoisotopic (exact) mass is 211 g/mol. The molecule has 1 rings (SSSR count). The van der Waals surface area contributed by atoms with Crippen molar-refractivity contribution < 1.29 is 0 Å². The lowest BCUT2D eigenvalue weighted by Crippen LogP contribution is -2.44. The number of rotatable bonds is 2. The molecule has 0 spiro atoms. The largest absolute Gasteiger partial charge is 0.298 e. The van der Waals surface area contributed by atoms with Gasteiger partial charge in [-0.3, -0.25) is 4.90 Å². The molecule has 1 atom stereocenters. The molecule has 1 fully saturated rings. The average Bonchev–Trinajstić information content (AvgIpc) is 2.23. The summed E-state index contributed by atoms with van der Waals surface area (Å²) in [5, 5.41) is 0. The Bertz CT molecular complexity index is 194. The third-order valence-electron chi connectivity index (χ3n) is 3.89. The Labute approximate surface area is 96.2 Å². The molecule has 1 aliphatic heterocycles. The fraction of sp³-hybridized carbons (Fsp3) is 1.00. The Balaban J connectivity index is 2.80. The minimum atomic E-state index is 0.540. The molecule has 0 amide bonds. The van der Waals surface area contributed by atoms with Crippen molar-refractivity contribution in [2.75, 3.05) is 6.54 Å². The van der Waals surface area contributed by atoms with Crippen LogP contribution < -0.4 is 0 Å². The molecule has 0 aromatic carbocycles. The van der Waals surface area contributed by atoms with Gasteiger partial charge in [-0.1, -0.05) is 27.7 Å². The van der Waals surface area contributed by atoms with E-state index in [1.54, 1.807) is 0 Å². The molecule has 0 N–H and O–H groups in total. The molecule has 1 saturated heterocycles. The van der Waals surface area contributed by atoms with Crippen LogP contribution in [0, 0.1) is 11.3 Å². The first-order valence-corrected chi connectivity index (χ1v) is 6.59. The molecule has 0 saturated carbocycles. The van der Waals surface area contributed by atoms with Gasteiger partial charge in [-0.15, -0.1) is 0 Å². The average molecular weight is 211 g/mol. The van der Waals surface area contributed by atoms with Crippen molar-refractivity contribution in [3.8, 4) is 0 Å². The van der Waals surface area contributed by atoms with E-state index in [9.17, 15) is 0 Å². The molecule has 0 radical (unpaired) electrons. The maximum Gasteiger partial charge on any atom is 0.0126 e. The van der Waals surface area contributed by atoms with E-state index in [1.165, 1.54) is 25.8 Å². The molecular formula is C14H29N. The highest BCUT2D eigenvalue weighted by Crippen LogP contribution is 2.36. The van der Waals surface area contributed by atoms with Gasteiger partial charge < -0.3 is 0 Å². The molecule has 1 heteroatoms. The van der Waals surface area contributed by atoms with Crippen LogP contribution in [0.15, 0.2) is 0 Å². The van der Waals surface area contributed by atoms with Crippen LogP contribution in [0.2, 0.25) is 0 Å². The van der Waals surface area contributed by atoms with Gasteiger partial charge in [-0.05, 0) is 51.0 Å². The first-order valence-electron chi connectivity index (χ1n) is 6.59. The fourth-order valence-corrected chi connectivity index (χ4v) is 2.95. The van der Waals surface area contributed by atoms with E-state index < -0.39 is 0 Å². The SMILES string of the molecule is CC(C)C1CC(C)(C)CCCN1C(C)C. The van der Waals surface area contributed by atoms with Crippen LogP contribution in [0.1, 0.15) is 60.8 Å². The molecule has 1 unspecified atom stereocenters. The third kappa shape index (κ3) is 3.48. The van der Waals surface area contributed by atoms with Crippen LogP contribution in [-0.4, -0.2) is 23.5 Å². The molecule has 0 aliphatic carbocycles. The Morgan fingerprint density at radius 2 is 1.73 bits per heavy atom. The molecule has 1 aliphatic rings. The lowest BCUT2D eigenvalue weighted by atomic mass is 9.80. The summed E-state index contributed by atoms with van der Waals surface area (Å²) >= 11 is 0. The number of likely N-dealkylation sites (tertiary alicyclic amines) is 1. The smallest absolute Gasteiger partial charge is 0.0126 e.